The van der Waals surface area contributed by atoms with Gasteiger partial charge in [-0.2, -0.15) is 0 Å². The first kappa shape index (κ1) is 43.3. The van der Waals surface area contributed by atoms with Crippen LogP contribution in [0.1, 0.15) is 233 Å². The molecule has 0 aromatic rings. The Kier molecular flexibility index (Phi) is 31.7. The highest BCUT2D eigenvalue weighted by Crippen LogP contribution is 2.20. The number of ketones is 1. The van der Waals surface area contributed by atoms with Gasteiger partial charge in [-0.25, -0.2) is 10.0 Å². The second-order valence-electron chi connectivity index (χ2n) is 14.1. The number of hydrogen-bond donors (Lipinski definition) is 1. The highest BCUT2D eigenvalue weighted by molar-refractivity contribution is 5.84. The average molecular weight is 623 g/mol. The van der Waals surface area contributed by atoms with Gasteiger partial charge in [0.2, 0.25) is 0 Å². The predicted molar refractivity (Wildman–Crippen MR) is 191 cm³/mol. The third kappa shape index (κ3) is 24.5. The van der Waals surface area contributed by atoms with Crippen LogP contribution in [0.3, 0.4) is 0 Å². The number of rotatable bonds is 35. The van der Waals surface area contributed by atoms with Gasteiger partial charge in [-0.15, -0.1) is 4.65 Å². The van der Waals surface area contributed by atoms with Crippen LogP contribution < -0.4 is 0 Å². The number of carbonyl (C=O) groups excluding carboxylic acids is 2. The van der Waals surface area contributed by atoms with Crippen molar-refractivity contribution in [3.8, 4) is 0 Å². The maximum atomic E-state index is 13.0. The Hall–Kier alpha value is -0.740. The van der Waals surface area contributed by atoms with E-state index in [0.29, 0.717) is 12.8 Å². The number of carbonyl (C=O) groups is 2. The molecule has 44 heavy (non-hydrogen) atoms. The molecule has 0 aromatic heterocycles. The van der Waals surface area contributed by atoms with Gasteiger partial charge in [0.15, 0.2) is 11.8 Å². The lowest BCUT2D eigenvalue weighted by Gasteiger charge is -2.31. The van der Waals surface area contributed by atoms with E-state index in [1.54, 1.807) is 6.92 Å². The fourth-order valence-electron chi connectivity index (χ4n) is 6.63. The van der Waals surface area contributed by atoms with E-state index in [4.69, 9.17) is 0 Å². The highest BCUT2D eigenvalue weighted by Gasteiger charge is 2.42. The summed E-state index contributed by atoms with van der Waals surface area (Å²) in [5.41, 5.74) is 0. The van der Waals surface area contributed by atoms with Crippen LogP contribution >= 0.6 is 0 Å². The molecule has 0 saturated heterocycles. The van der Waals surface area contributed by atoms with E-state index in [0.717, 1.165) is 32.1 Å². The van der Waals surface area contributed by atoms with Crippen LogP contribution in [0.25, 0.3) is 0 Å². The van der Waals surface area contributed by atoms with Crippen molar-refractivity contribution in [3.63, 3.8) is 0 Å². The van der Waals surface area contributed by atoms with Gasteiger partial charge in [0, 0.05) is 6.42 Å². The van der Waals surface area contributed by atoms with E-state index in [1.165, 1.54) is 161 Å². The summed E-state index contributed by atoms with van der Waals surface area (Å²) >= 11 is 0. The predicted octanol–water partition coefficient (Wildman–Crippen LogP) is 13.2. The number of amides is 1. The van der Waals surface area contributed by atoms with Crippen molar-refractivity contribution < 1.29 is 19.4 Å². The van der Waals surface area contributed by atoms with Gasteiger partial charge in [0.1, 0.15) is 6.54 Å². The van der Waals surface area contributed by atoms with Crippen molar-refractivity contribution in [1.82, 2.24) is 0 Å². The zero-order chi connectivity index (χ0) is 32.6. The van der Waals surface area contributed by atoms with Crippen molar-refractivity contribution >= 4 is 11.7 Å². The Balaban J connectivity index is 3.79. The number of Topliss-reactive ketones (excluding diaryl/α,β-unsaturated/α-hetero) is 1. The maximum Gasteiger partial charge on any atom is 0.346 e. The van der Waals surface area contributed by atoms with Crippen LogP contribution in [-0.4, -0.2) is 34.1 Å². The Morgan fingerprint density at radius 3 is 0.955 bits per heavy atom. The number of hydrogen-bond acceptors (Lipinski definition) is 3. The molecule has 0 aromatic carbocycles. The maximum absolute atomic E-state index is 13.0. The van der Waals surface area contributed by atoms with E-state index >= 15 is 0 Å². The van der Waals surface area contributed by atoms with Crippen LogP contribution in [0.2, 0.25) is 0 Å². The van der Waals surface area contributed by atoms with Crippen LogP contribution in [0.4, 0.5) is 0 Å². The van der Waals surface area contributed by atoms with Crippen LogP contribution in [0.15, 0.2) is 0 Å². The molecule has 0 fully saturated rings. The molecule has 0 heterocycles. The monoisotopic (exact) mass is 623 g/mol. The molecule has 0 aliphatic heterocycles. The Morgan fingerprint density at radius 1 is 0.432 bits per heavy atom. The van der Waals surface area contributed by atoms with Crippen molar-refractivity contribution in [2.75, 3.05) is 6.54 Å². The number of nitrogens with zero attached hydrogens (tertiary/aromatic N) is 1. The van der Waals surface area contributed by atoms with Crippen LogP contribution in [0, 0.1) is 0 Å². The molecule has 0 rings (SSSR count). The molecular weight excluding hydrogens is 542 g/mol. The second kappa shape index (κ2) is 32.2. The van der Waals surface area contributed by atoms with Gasteiger partial charge in [-0.1, -0.05) is 194 Å². The molecule has 0 aliphatic carbocycles. The van der Waals surface area contributed by atoms with E-state index in [2.05, 4.69) is 13.8 Å². The summed E-state index contributed by atoms with van der Waals surface area (Å²) in [5.74, 6) is -0.145. The first-order valence-electron chi connectivity index (χ1n) is 20.1. The van der Waals surface area contributed by atoms with Gasteiger partial charge in [-0.3, -0.25) is 4.79 Å². The summed E-state index contributed by atoms with van der Waals surface area (Å²) in [6.07, 6.45) is 39.8. The van der Waals surface area contributed by atoms with Crippen LogP contribution in [-0.2, 0) is 9.59 Å². The van der Waals surface area contributed by atoms with E-state index in [-0.39, 0.29) is 18.2 Å². The molecule has 0 bridgehead atoms. The second-order valence-corrected chi connectivity index (χ2v) is 14.1. The SMILES string of the molecule is CCCCCCCCCCCCCCCCCC(=O)C(C)[N+](O)(CC)C(=O)CCCCCCCCCCCCCCCCC. The Morgan fingerprint density at radius 2 is 0.682 bits per heavy atom. The summed E-state index contributed by atoms with van der Waals surface area (Å²) in [6.45, 7) is 8.39. The van der Waals surface area contributed by atoms with Gasteiger partial charge < -0.3 is 0 Å². The highest BCUT2D eigenvalue weighted by atomic mass is 16.6. The molecule has 4 nitrogen and oxygen atoms in total. The Bertz CT molecular complexity index is 636. The smallest absolute Gasteiger partial charge is 0.293 e. The molecule has 4 heteroatoms. The lowest BCUT2D eigenvalue weighted by atomic mass is 10.0. The molecule has 2 atom stereocenters. The lowest BCUT2D eigenvalue weighted by molar-refractivity contribution is -1.05. The molecule has 1 N–H and O–H groups in total. The normalized spacial score (nSPS) is 13.7. The van der Waals surface area contributed by atoms with Gasteiger partial charge in [-0.05, 0) is 26.7 Å². The van der Waals surface area contributed by atoms with Crippen molar-refractivity contribution in [1.29, 1.82) is 0 Å². The fourth-order valence-corrected chi connectivity index (χ4v) is 6.63. The van der Waals surface area contributed by atoms with Gasteiger partial charge in [0.05, 0.1) is 6.42 Å². The van der Waals surface area contributed by atoms with Crippen LogP contribution in [0.5, 0.6) is 0 Å². The minimum Gasteiger partial charge on any atom is -0.293 e. The minimum absolute atomic E-state index is 0.0360. The van der Waals surface area contributed by atoms with Gasteiger partial charge in [0.25, 0.3) is 0 Å². The summed E-state index contributed by atoms with van der Waals surface area (Å²) in [6, 6.07) is -0.657. The third-order valence-electron chi connectivity index (χ3n) is 10.0. The number of unbranched alkanes of at least 4 members (excludes halogenated alkanes) is 28. The van der Waals surface area contributed by atoms with E-state index in [1.807, 2.05) is 6.92 Å². The largest absolute Gasteiger partial charge is 0.346 e. The van der Waals surface area contributed by atoms with E-state index in [9.17, 15) is 14.8 Å². The lowest BCUT2D eigenvalue weighted by Crippen LogP contribution is -2.58. The average Bonchev–Trinajstić information content (AvgIpc) is 3.03. The summed E-state index contributed by atoms with van der Waals surface area (Å²) in [5, 5.41) is 11.1. The number of quaternary nitrogens is 1. The Labute approximate surface area is 276 Å². The molecule has 262 valence electrons. The van der Waals surface area contributed by atoms with Crippen molar-refractivity contribution in [3.05, 3.63) is 0 Å². The van der Waals surface area contributed by atoms with Gasteiger partial charge >= 0.3 is 5.91 Å². The zero-order valence-electron chi connectivity index (χ0n) is 30.6. The molecule has 2 unspecified atom stereocenters. The first-order valence-corrected chi connectivity index (χ1v) is 20.1. The molecule has 0 saturated carbocycles. The first-order chi connectivity index (χ1) is 21.4. The number of likely N-dealkylation sites (N-methyl/N-ethyl adjacent to an activating group) is 1. The molecular formula is C40H80NO3+. The molecule has 0 radical (unpaired) electrons. The van der Waals surface area contributed by atoms with Crippen molar-refractivity contribution in [2.24, 2.45) is 0 Å². The topological polar surface area (TPSA) is 54.4 Å². The van der Waals surface area contributed by atoms with Crippen molar-refractivity contribution in [2.45, 2.75) is 239 Å². The molecule has 0 spiro atoms. The summed E-state index contributed by atoms with van der Waals surface area (Å²) in [4.78, 5) is 25.8. The quantitative estimate of drug-likeness (QED) is 0.0331. The summed E-state index contributed by atoms with van der Waals surface area (Å²) in [7, 11) is 0. The summed E-state index contributed by atoms with van der Waals surface area (Å²) < 4.78 is -0.712. The minimum atomic E-state index is -0.712. The third-order valence-corrected chi connectivity index (χ3v) is 10.0. The standard InChI is InChI=1S/C40H80NO3/c1-5-8-10-12-14-16-18-20-22-24-26-28-30-32-34-36-39(42)38(4)41(44,7-3)40(43)37-35-33-31-29-27-25-23-21-19-17-15-13-11-9-6-2/h38,44H,5-37H2,1-4H3/q+1. The fraction of sp³-hybridized carbons (Fsp3) is 0.950. The molecule has 0 aliphatic rings. The zero-order valence-corrected chi connectivity index (χ0v) is 30.6. The number of hydroxylamine groups is 3. The molecule has 1 amide bonds. The van der Waals surface area contributed by atoms with E-state index < -0.39 is 10.7 Å².